The van der Waals surface area contributed by atoms with E-state index in [-0.39, 0.29) is 0 Å². The third-order valence-corrected chi connectivity index (χ3v) is 4.21. The Labute approximate surface area is 117 Å². The van der Waals surface area contributed by atoms with E-state index in [9.17, 15) is 0 Å². The van der Waals surface area contributed by atoms with Gasteiger partial charge in [-0.25, -0.2) is 4.98 Å². The van der Waals surface area contributed by atoms with Crippen molar-refractivity contribution >= 4 is 23.4 Å². The Bertz CT molecular complexity index is 513. The zero-order chi connectivity index (χ0) is 13.0. The molecule has 0 fully saturated rings. The van der Waals surface area contributed by atoms with Gasteiger partial charge >= 0.3 is 0 Å². The van der Waals surface area contributed by atoms with E-state index in [0.29, 0.717) is 6.04 Å². The molecule has 0 saturated heterocycles. The van der Waals surface area contributed by atoms with E-state index in [1.807, 2.05) is 43.6 Å². The Hall–Kier alpha value is -1.03. The van der Waals surface area contributed by atoms with Gasteiger partial charge in [-0.2, -0.15) is 0 Å². The molecule has 1 aromatic carbocycles. The lowest BCUT2D eigenvalue weighted by Gasteiger charge is -2.10. The number of nitrogens with one attached hydrogen (secondary N) is 1. The highest BCUT2D eigenvalue weighted by Gasteiger charge is 2.05. The molecule has 18 heavy (non-hydrogen) atoms. The molecule has 2 rings (SSSR count). The van der Waals surface area contributed by atoms with Crippen LogP contribution in [0.3, 0.4) is 0 Å². The van der Waals surface area contributed by atoms with Crippen molar-refractivity contribution in [2.24, 2.45) is 0 Å². The number of benzene rings is 1. The molecule has 0 radical (unpaired) electrons. The highest BCUT2D eigenvalue weighted by atomic mass is 35.5. The lowest BCUT2D eigenvalue weighted by molar-refractivity contribution is 0.648. The standard InChI is InChI=1S/C14H15ClN2S/c1-10(16-2)11-7-8-14(17-9-11)18-13-6-4-3-5-12(13)15/h3-10,16H,1-2H3. The van der Waals surface area contributed by atoms with Crippen LogP contribution in [0.2, 0.25) is 5.02 Å². The third kappa shape index (κ3) is 3.25. The first kappa shape index (κ1) is 13.4. The maximum Gasteiger partial charge on any atom is 0.101 e. The monoisotopic (exact) mass is 278 g/mol. The predicted octanol–water partition coefficient (Wildman–Crippen LogP) is 4.17. The average Bonchev–Trinajstić information content (AvgIpc) is 2.41. The molecule has 1 aromatic heterocycles. The second-order valence-electron chi connectivity index (χ2n) is 3.97. The molecule has 0 saturated carbocycles. The van der Waals surface area contributed by atoms with Crippen LogP contribution in [0.1, 0.15) is 18.5 Å². The summed E-state index contributed by atoms with van der Waals surface area (Å²) < 4.78 is 0. The molecule has 4 heteroatoms. The second kappa shape index (κ2) is 6.23. The van der Waals surface area contributed by atoms with Crippen LogP contribution in [0, 0.1) is 0 Å². The van der Waals surface area contributed by atoms with E-state index in [4.69, 9.17) is 11.6 Å². The number of pyridine rings is 1. The van der Waals surface area contributed by atoms with E-state index in [1.165, 1.54) is 5.56 Å². The first-order chi connectivity index (χ1) is 8.70. The molecular weight excluding hydrogens is 264 g/mol. The van der Waals surface area contributed by atoms with Gasteiger partial charge in [0.1, 0.15) is 5.03 Å². The van der Waals surface area contributed by atoms with Gasteiger partial charge < -0.3 is 5.32 Å². The van der Waals surface area contributed by atoms with Gasteiger partial charge in [0, 0.05) is 17.1 Å². The van der Waals surface area contributed by atoms with Crippen LogP contribution >= 0.6 is 23.4 Å². The zero-order valence-electron chi connectivity index (χ0n) is 10.4. The van der Waals surface area contributed by atoms with Crippen molar-refractivity contribution in [2.45, 2.75) is 22.9 Å². The molecule has 1 heterocycles. The van der Waals surface area contributed by atoms with Crippen LogP contribution in [0.5, 0.6) is 0 Å². The summed E-state index contributed by atoms with van der Waals surface area (Å²) in [4.78, 5) is 5.48. The van der Waals surface area contributed by atoms with Crippen LogP contribution in [-0.4, -0.2) is 12.0 Å². The minimum Gasteiger partial charge on any atom is -0.313 e. The summed E-state index contributed by atoms with van der Waals surface area (Å²) in [5.74, 6) is 0. The summed E-state index contributed by atoms with van der Waals surface area (Å²) in [7, 11) is 1.94. The molecule has 1 N–H and O–H groups in total. The minimum absolute atomic E-state index is 0.317. The first-order valence-corrected chi connectivity index (χ1v) is 6.95. The summed E-state index contributed by atoms with van der Waals surface area (Å²) >= 11 is 7.70. The van der Waals surface area contributed by atoms with E-state index in [1.54, 1.807) is 11.8 Å². The molecule has 0 aliphatic carbocycles. The van der Waals surface area contributed by atoms with Crippen LogP contribution in [0.15, 0.2) is 52.5 Å². The molecule has 0 bridgehead atoms. The number of halogens is 1. The van der Waals surface area contributed by atoms with Crippen LogP contribution in [0.4, 0.5) is 0 Å². The Morgan fingerprint density at radius 1 is 1.22 bits per heavy atom. The molecular formula is C14H15ClN2S. The summed E-state index contributed by atoms with van der Waals surface area (Å²) in [6.07, 6.45) is 1.90. The second-order valence-corrected chi connectivity index (χ2v) is 5.44. The molecule has 2 nitrogen and oxygen atoms in total. The van der Waals surface area contributed by atoms with Gasteiger partial charge in [-0.3, -0.25) is 0 Å². The average molecular weight is 279 g/mol. The van der Waals surface area contributed by atoms with Crippen molar-refractivity contribution in [2.75, 3.05) is 7.05 Å². The number of nitrogens with zero attached hydrogens (tertiary/aromatic N) is 1. The van der Waals surface area contributed by atoms with Crippen molar-refractivity contribution in [1.82, 2.24) is 10.3 Å². The molecule has 0 spiro atoms. The minimum atomic E-state index is 0.317. The van der Waals surface area contributed by atoms with Crippen molar-refractivity contribution < 1.29 is 0 Å². The lowest BCUT2D eigenvalue weighted by Crippen LogP contribution is -2.12. The van der Waals surface area contributed by atoms with Crippen LogP contribution in [0.25, 0.3) is 0 Å². The molecule has 94 valence electrons. The largest absolute Gasteiger partial charge is 0.313 e. The van der Waals surface area contributed by atoms with Crippen molar-refractivity contribution in [3.05, 3.63) is 53.2 Å². The van der Waals surface area contributed by atoms with Gasteiger partial charge in [0.2, 0.25) is 0 Å². The van der Waals surface area contributed by atoms with Gasteiger partial charge in [-0.15, -0.1) is 0 Å². The highest BCUT2D eigenvalue weighted by Crippen LogP contribution is 2.31. The first-order valence-electron chi connectivity index (χ1n) is 5.76. The summed E-state index contributed by atoms with van der Waals surface area (Å²) in [5.41, 5.74) is 1.18. The molecule has 0 aliphatic heterocycles. The molecule has 1 unspecified atom stereocenters. The fraction of sp³-hybridized carbons (Fsp3) is 0.214. The highest BCUT2D eigenvalue weighted by molar-refractivity contribution is 7.99. The molecule has 1 atom stereocenters. The van der Waals surface area contributed by atoms with E-state index in [0.717, 1.165) is 14.9 Å². The van der Waals surface area contributed by atoms with Gasteiger partial charge in [0.15, 0.2) is 0 Å². The van der Waals surface area contributed by atoms with Crippen LogP contribution in [-0.2, 0) is 0 Å². The smallest absolute Gasteiger partial charge is 0.101 e. The van der Waals surface area contributed by atoms with Crippen molar-refractivity contribution in [1.29, 1.82) is 0 Å². The molecule has 0 amide bonds. The van der Waals surface area contributed by atoms with E-state index < -0.39 is 0 Å². The lowest BCUT2D eigenvalue weighted by atomic mass is 10.1. The SMILES string of the molecule is CNC(C)c1ccc(Sc2ccccc2Cl)nc1. The molecule has 0 aliphatic rings. The number of aromatic nitrogens is 1. The van der Waals surface area contributed by atoms with Gasteiger partial charge in [0.25, 0.3) is 0 Å². The summed E-state index contributed by atoms with van der Waals surface area (Å²) in [6.45, 7) is 2.11. The topological polar surface area (TPSA) is 24.9 Å². The quantitative estimate of drug-likeness (QED) is 0.909. The predicted molar refractivity (Wildman–Crippen MR) is 77.3 cm³/mol. The molecule has 2 aromatic rings. The van der Waals surface area contributed by atoms with Crippen molar-refractivity contribution in [3.8, 4) is 0 Å². The number of hydrogen-bond donors (Lipinski definition) is 1. The Balaban J connectivity index is 2.14. The Morgan fingerprint density at radius 3 is 2.61 bits per heavy atom. The maximum atomic E-state index is 6.12. The zero-order valence-corrected chi connectivity index (χ0v) is 11.9. The fourth-order valence-electron chi connectivity index (χ4n) is 1.52. The third-order valence-electron chi connectivity index (χ3n) is 2.74. The van der Waals surface area contributed by atoms with Crippen LogP contribution < -0.4 is 5.32 Å². The summed E-state index contributed by atoms with van der Waals surface area (Å²) in [6, 6.07) is 12.2. The van der Waals surface area contributed by atoms with E-state index in [2.05, 4.69) is 23.3 Å². The Kier molecular flexibility index (Phi) is 4.64. The van der Waals surface area contributed by atoms with Gasteiger partial charge in [-0.1, -0.05) is 41.6 Å². The number of rotatable bonds is 4. The van der Waals surface area contributed by atoms with Gasteiger partial charge in [0.05, 0.1) is 5.02 Å². The maximum absolute atomic E-state index is 6.12. The Morgan fingerprint density at radius 2 is 2.00 bits per heavy atom. The fourth-order valence-corrected chi connectivity index (χ4v) is 2.55. The number of hydrogen-bond acceptors (Lipinski definition) is 3. The summed E-state index contributed by atoms with van der Waals surface area (Å²) in [5, 5.41) is 4.91. The van der Waals surface area contributed by atoms with Gasteiger partial charge in [-0.05, 0) is 37.7 Å². The van der Waals surface area contributed by atoms with E-state index >= 15 is 0 Å². The normalized spacial score (nSPS) is 12.4. The van der Waals surface area contributed by atoms with Crippen molar-refractivity contribution in [3.63, 3.8) is 0 Å².